The number of nitrogens with zero attached hydrogens (tertiary/aromatic N) is 3. The number of imidazole rings is 1. The lowest BCUT2D eigenvalue weighted by atomic mass is 9.92. The van der Waals surface area contributed by atoms with Gasteiger partial charge in [0, 0.05) is 38.9 Å². The number of carboxylic acids is 1. The molecule has 1 amide bonds. The first-order valence-electron chi connectivity index (χ1n) is 11.3. The lowest BCUT2D eigenvalue weighted by Crippen LogP contribution is -2.46. The third-order valence-electron chi connectivity index (χ3n) is 6.24. The molecule has 4 rings (SSSR count). The number of Topliss-reactive ketones (excluding diaryl/α,β-unsaturated/α-hetero) is 1. The molecule has 0 spiro atoms. The molecule has 0 fully saturated rings. The van der Waals surface area contributed by atoms with Gasteiger partial charge in [0.05, 0.1) is 30.4 Å². The molecule has 3 aromatic rings. The highest BCUT2D eigenvalue weighted by Crippen LogP contribution is 2.30. The number of ketones is 1. The number of aromatic nitrogens is 2. The molecule has 9 heteroatoms. The fourth-order valence-electron chi connectivity index (χ4n) is 4.35. The Labute approximate surface area is 202 Å². The highest BCUT2D eigenvalue weighted by Gasteiger charge is 2.32. The summed E-state index contributed by atoms with van der Waals surface area (Å²) in [5.74, 6) is -1.45. The van der Waals surface area contributed by atoms with E-state index in [1.807, 2.05) is 24.3 Å². The maximum absolute atomic E-state index is 13.9. The van der Waals surface area contributed by atoms with E-state index in [0.717, 1.165) is 11.1 Å². The number of aliphatic hydroxyl groups excluding tert-OH is 1. The van der Waals surface area contributed by atoms with Crippen LogP contribution in [0.4, 0.5) is 0 Å². The van der Waals surface area contributed by atoms with E-state index in [-0.39, 0.29) is 35.8 Å². The van der Waals surface area contributed by atoms with Gasteiger partial charge in [-0.2, -0.15) is 0 Å². The van der Waals surface area contributed by atoms with E-state index in [2.05, 4.69) is 4.98 Å². The predicted molar refractivity (Wildman–Crippen MR) is 127 cm³/mol. The van der Waals surface area contributed by atoms with Crippen LogP contribution >= 0.6 is 0 Å². The number of hydrogen-bond donors (Lipinski definition) is 2. The molecular formula is C26H27N3O6. The van der Waals surface area contributed by atoms with Crippen LogP contribution in [0.15, 0.2) is 48.7 Å². The molecule has 0 aliphatic carbocycles. The van der Waals surface area contributed by atoms with Crippen LogP contribution in [0, 0.1) is 0 Å². The number of methoxy groups -OCH3 is 1. The monoisotopic (exact) mass is 477 g/mol. The molecule has 2 heterocycles. The Morgan fingerprint density at radius 3 is 2.54 bits per heavy atom. The Kier molecular flexibility index (Phi) is 7.09. The van der Waals surface area contributed by atoms with E-state index >= 15 is 0 Å². The van der Waals surface area contributed by atoms with Crippen molar-refractivity contribution in [3.8, 4) is 11.4 Å². The van der Waals surface area contributed by atoms with Crippen molar-refractivity contribution < 1.29 is 29.3 Å². The maximum atomic E-state index is 13.9. The number of carboxylic acid groups (broad SMARTS) is 1. The Morgan fingerprint density at radius 2 is 1.89 bits per heavy atom. The van der Waals surface area contributed by atoms with E-state index < -0.39 is 17.9 Å². The van der Waals surface area contributed by atoms with Gasteiger partial charge in [-0.1, -0.05) is 24.3 Å². The normalized spacial score (nSPS) is 15.1. The van der Waals surface area contributed by atoms with Crippen molar-refractivity contribution >= 4 is 17.7 Å². The fraction of sp³-hybridized carbons (Fsp3) is 0.308. The van der Waals surface area contributed by atoms with Crippen LogP contribution in [0.25, 0.3) is 11.4 Å². The summed E-state index contributed by atoms with van der Waals surface area (Å²) in [6.07, 6.45) is 2.09. The summed E-state index contributed by atoms with van der Waals surface area (Å²) in [6.45, 7) is 2.20. The molecule has 9 nitrogen and oxygen atoms in total. The first-order chi connectivity index (χ1) is 16.8. The molecular weight excluding hydrogens is 450 g/mol. The molecule has 0 bridgehead atoms. The summed E-state index contributed by atoms with van der Waals surface area (Å²) >= 11 is 0. The van der Waals surface area contributed by atoms with Gasteiger partial charge in [-0.25, -0.2) is 9.78 Å². The van der Waals surface area contributed by atoms with Crippen LogP contribution < -0.4 is 0 Å². The zero-order valence-corrected chi connectivity index (χ0v) is 19.6. The largest absolute Gasteiger partial charge is 0.478 e. The van der Waals surface area contributed by atoms with Crippen LogP contribution in [0.3, 0.4) is 0 Å². The van der Waals surface area contributed by atoms with Gasteiger partial charge in [0.15, 0.2) is 5.78 Å². The number of fused-ring (bicyclic) bond motifs is 1. The highest BCUT2D eigenvalue weighted by atomic mass is 16.5. The number of carbonyl (C=O) groups is 3. The summed E-state index contributed by atoms with van der Waals surface area (Å²) in [6, 6.07) is 11.6. The van der Waals surface area contributed by atoms with Crippen molar-refractivity contribution in [1.82, 2.24) is 14.5 Å². The molecule has 0 saturated carbocycles. The molecule has 0 saturated heterocycles. The van der Waals surface area contributed by atoms with Gasteiger partial charge in [0.2, 0.25) is 0 Å². The number of carbonyl (C=O) groups excluding carboxylic acids is 2. The van der Waals surface area contributed by atoms with Crippen molar-refractivity contribution in [1.29, 1.82) is 0 Å². The van der Waals surface area contributed by atoms with Gasteiger partial charge in [-0.3, -0.25) is 9.59 Å². The molecule has 1 atom stereocenters. The maximum Gasteiger partial charge on any atom is 0.335 e. The molecule has 1 aromatic heterocycles. The van der Waals surface area contributed by atoms with Gasteiger partial charge in [0.25, 0.3) is 5.91 Å². The molecule has 0 unspecified atom stereocenters. The predicted octanol–water partition coefficient (Wildman–Crippen LogP) is 2.66. The molecule has 1 aliphatic rings. The Bertz CT molecular complexity index is 1280. The van der Waals surface area contributed by atoms with Crippen LogP contribution in [0.2, 0.25) is 0 Å². The fourth-order valence-corrected chi connectivity index (χ4v) is 4.35. The van der Waals surface area contributed by atoms with Crippen molar-refractivity contribution in [2.75, 3.05) is 20.3 Å². The van der Waals surface area contributed by atoms with E-state index in [1.54, 1.807) is 22.8 Å². The lowest BCUT2D eigenvalue weighted by molar-refractivity contribution is 0.0544. The van der Waals surface area contributed by atoms with Crippen molar-refractivity contribution in [3.63, 3.8) is 0 Å². The van der Waals surface area contributed by atoms with E-state index in [4.69, 9.17) is 4.74 Å². The number of aromatic carboxylic acids is 1. The second kappa shape index (κ2) is 10.2. The summed E-state index contributed by atoms with van der Waals surface area (Å²) in [7, 11) is 1.56. The topological polar surface area (TPSA) is 122 Å². The van der Waals surface area contributed by atoms with Gasteiger partial charge in [0.1, 0.15) is 11.5 Å². The van der Waals surface area contributed by atoms with Crippen LogP contribution in [-0.4, -0.2) is 68.7 Å². The second-order valence-corrected chi connectivity index (χ2v) is 8.50. The van der Waals surface area contributed by atoms with E-state index in [1.165, 1.54) is 25.1 Å². The quantitative estimate of drug-likeness (QED) is 0.478. The minimum absolute atomic E-state index is 0.0446. The highest BCUT2D eigenvalue weighted by molar-refractivity contribution is 6.03. The van der Waals surface area contributed by atoms with Crippen molar-refractivity contribution in [2.45, 2.75) is 32.5 Å². The Balaban J connectivity index is 1.83. The number of aliphatic hydroxyl groups is 1. The summed E-state index contributed by atoms with van der Waals surface area (Å²) in [4.78, 5) is 43.7. The average molecular weight is 478 g/mol. The standard InChI is InChI=1S/C26H27N3O6/c1-16(31)23-14-28(9-10-35-2)24(27-23)21-8-7-18(26(33)34)12-22(21)25(32)29-13-19-6-4-3-5-17(19)11-20(29)15-30/h3-8,12,14,20,30H,9-11,13,15H2,1-2H3,(H,33,34)/t20-/m0/s1. The van der Waals surface area contributed by atoms with Gasteiger partial charge >= 0.3 is 5.97 Å². The van der Waals surface area contributed by atoms with E-state index in [9.17, 15) is 24.6 Å². The molecule has 1 aliphatic heterocycles. The minimum Gasteiger partial charge on any atom is -0.478 e. The second-order valence-electron chi connectivity index (χ2n) is 8.50. The number of hydrogen-bond acceptors (Lipinski definition) is 6. The van der Waals surface area contributed by atoms with Crippen molar-refractivity contribution in [3.05, 3.63) is 76.6 Å². The molecule has 2 aromatic carbocycles. The van der Waals surface area contributed by atoms with Gasteiger partial charge in [-0.15, -0.1) is 0 Å². The molecule has 35 heavy (non-hydrogen) atoms. The molecule has 2 N–H and O–H groups in total. The summed E-state index contributed by atoms with van der Waals surface area (Å²) < 4.78 is 6.90. The summed E-state index contributed by atoms with van der Waals surface area (Å²) in [5.41, 5.74) is 2.77. The van der Waals surface area contributed by atoms with Gasteiger partial charge in [-0.05, 0) is 35.7 Å². The zero-order chi connectivity index (χ0) is 25.1. The zero-order valence-electron chi connectivity index (χ0n) is 19.6. The van der Waals surface area contributed by atoms with Crippen molar-refractivity contribution in [2.24, 2.45) is 0 Å². The number of rotatable bonds is 8. The Morgan fingerprint density at radius 1 is 1.14 bits per heavy atom. The third kappa shape index (κ3) is 4.87. The smallest absolute Gasteiger partial charge is 0.335 e. The molecule has 182 valence electrons. The number of amides is 1. The first kappa shape index (κ1) is 24.3. The van der Waals surface area contributed by atoms with Crippen LogP contribution in [0.1, 0.15) is 49.3 Å². The average Bonchev–Trinajstić information content (AvgIpc) is 3.30. The van der Waals surface area contributed by atoms with Crippen LogP contribution in [0.5, 0.6) is 0 Å². The number of benzene rings is 2. The minimum atomic E-state index is -1.17. The van der Waals surface area contributed by atoms with E-state index in [0.29, 0.717) is 31.0 Å². The third-order valence-corrected chi connectivity index (χ3v) is 6.24. The van der Waals surface area contributed by atoms with Gasteiger partial charge < -0.3 is 24.4 Å². The Hall–Kier alpha value is -3.82. The SMILES string of the molecule is COCCn1cc(C(C)=O)nc1-c1ccc(C(=O)O)cc1C(=O)N1Cc2ccccc2C[C@H]1CO. The summed E-state index contributed by atoms with van der Waals surface area (Å²) in [5, 5.41) is 19.7. The number of ether oxygens (including phenoxy) is 1. The molecule has 0 radical (unpaired) electrons. The van der Waals surface area contributed by atoms with Crippen LogP contribution in [-0.2, 0) is 24.2 Å². The lowest BCUT2D eigenvalue weighted by Gasteiger charge is -2.36. The first-order valence-corrected chi connectivity index (χ1v) is 11.3.